The number of thiophene rings is 1. The average molecular weight is 396 g/mol. The number of benzene rings is 1. The second-order valence-electron chi connectivity index (χ2n) is 5.37. The number of ketones is 1. The van der Waals surface area contributed by atoms with Crippen LogP contribution >= 0.6 is 22.9 Å². The standard InChI is InChI=1S/C18H18ClNO5S/c1-11(18(23)20-13-10-12(19)5-7-15(13)24-2)25-17(22)8-6-14(21)16-4-3-9-26-16/h3-5,7,9-11H,6,8H2,1-2H3,(H,20,23)/t11-/m1/s1. The van der Waals surface area contributed by atoms with E-state index < -0.39 is 18.0 Å². The van der Waals surface area contributed by atoms with Crippen LogP contribution in [0.1, 0.15) is 29.4 Å². The highest BCUT2D eigenvalue weighted by molar-refractivity contribution is 7.12. The van der Waals surface area contributed by atoms with E-state index in [1.807, 2.05) is 0 Å². The number of halogens is 1. The van der Waals surface area contributed by atoms with E-state index >= 15 is 0 Å². The molecule has 0 bridgehead atoms. The molecular formula is C18H18ClNO5S. The Hall–Kier alpha value is -2.38. The molecule has 0 saturated heterocycles. The third-order valence-corrected chi connectivity index (χ3v) is 4.60. The van der Waals surface area contributed by atoms with Gasteiger partial charge in [-0.05, 0) is 36.6 Å². The van der Waals surface area contributed by atoms with E-state index in [9.17, 15) is 14.4 Å². The van der Waals surface area contributed by atoms with Gasteiger partial charge in [-0.15, -0.1) is 11.3 Å². The molecule has 0 aliphatic heterocycles. The van der Waals surface area contributed by atoms with Gasteiger partial charge in [0, 0.05) is 11.4 Å². The summed E-state index contributed by atoms with van der Waals surface area (Å²) in [5, 5.41) is 4.83. The van der Waals surface area contributed by atoms with Crippen LogP contribution in [-0.4, -0.2) is 30.9 Å². The van der Waals surface area contributed by atoms with Crippen molar-refractivity contribution in [1.29, 1.82) is 0 Å². The fourth-order valence-corrected chi connectivity index (χ4v) is 2.96. The summed E-state index contributed by atoms with van der Waals surface area (Å²) in [6, 6.07) is 8.25. The predicted molar refractivity (Wildman–Crippen MR) is 100 cm³/mol. The maximum absolute atomic E-state index is 12.2. The summed E-state index contributed by atoms with van der Waals surface area (Å²) in [6.45, 7) is 1.45. The lowest BCUT2D eigenvalue weighted by molar-refractivity contribution is -0.153. The van der Waals surface area contributed by atoms with Crippen molar-refractivity contribution in [2.45, 2.75) is 25.9 Å². The van der Waals surface area contributed by atoms with Gasteiger partial charge in [-0.1, -0.05) is 17.7 Å². The molecule has 0 unspecified atom stereocenters. The number of anilines is 1. The van der Waals surface area contributed by atoms with Crippen LogP contribution in [0.3, 0.4) is 0 Å². The second-order valence-corrected chi connectivity index (χ2v) is 6.75. The lowest BCUT2D eigenvalue weighted by atomic mass is 10.2. The first-order valence-electron chi connectivity index (χ1n) is 7.81. The van der Waals surface area contributed by atoms with E-state index in [-0.39, 0.29) is 18.6 Å². The molecule has 2 rings (SSSR count). The van der Waals surface area contributed by atoms with E-state index in [2.05, 4.69) is 5.32 Å². The molecule has 8 heteroatoms. The highest BCUT2D eigenvalue weighted by Gasteiger charge is 2.20. The van der Waals surface area contributed by atoms with Crippen molar-refractivity contribution in [3.63, 3.8) is 0 Å². The Morgan fingerprint density at radius 3 is 2.65 bits per heavy atom. The number of carbonyl (C=O) groups excluding carboxylic acids is 3. The molecule has 1 atom stereocenters. The van der Waals surface area contributed by atoms with Crippen molar-refractivity contribution >= 4 is 46.3 Å². The molecular weight excluding hydrogens is 378 g/mol. The Bertz CT molecular complexity index is 791. The zero-order valence-corrected chi connectivity index (χ0v) is 15.9. The Morgan fingerprint density at radius 2 is 2.00 bits per heavy atom. The quantitative estimate of drug-likeness (QED) is 0.540. The molecule has 1 N–H and O–H groups in total. The van der Waals surface area contributed by atoms with Crippen LogP contribution in [0.15, 0.2) is 35.7 Å². The van der Waals surface area contributed by atoms with E-state index in [0.717, 1.165) is 0 Å². The maximum atomic E-state index is 12.2. The second kappa shape index (κ2) is 9.35. The molecule has 1 aromatic heterocycles. The largest absolute Gasteiger partial charge is 0.495 e. The number of carbonyl (C=O) groups is 3. The number of hydrogen-bond donors (Lipinski definition) is 1. The molecule has 1 amide bonds. The Labute approximate surface area is 160 Å². The van der Waals surface area contributed by atoms with Crippen molar-refractivity contribution in [3.8, 4) is 5.75 Å². The lowest BCUT2D eigenvalue weighted by Gasteiger charge is -2.15. The van der Waals surface area contributed by atoms with Crippen LogP contribution in [0, 0.1) is 0 Å². The van der Waals surface area contributed by atoms with Gasteiger partial charge in [0.1, 0.15) is 5.75 Å². The monoisotopic (exact) mass is 395 g/mol. The minimum Gasteiger partial charge on any atom is -0.495 e. The summed E-state index contributed by atoms with van der Waals surface area (Å²) in [6.07, 6.45) is -1.08. The van der Waals surface area contributed by atoms with Crippen LogP contribution < -0.4 is 10.1 Å². The van der Waals surface area contributed by atoms with Gasteiger partial charge in [0.25, 0.3) is 5.91 Å². The molecule has 6 nitrogen and oxygen atoms in total. The molecule has 138 valence electrons. The van der Waals surface area contributed by atoms with Crippen LogP contribution in [0.5, 0.6) is 5.75 Å². The number of nitrogens with one attached hydrogen (secondary N) is 1. The number of hydrogen-bond acceptors (Lipinski definition) is 6. The number of rotatable bonds is 8. The van der Waals surface area contributed by atoms with Crippen molar-refractivity contribution in [2.24, 2.45) is 0 Å². The molecule has 0 aliphatic carbocycles. The van der Waals surface area contributed by atoms with Crippen LogP contribution in [0.4, 0.5) is 5.69 Å². The van der Waals surface area contributed by atoms with E-state index in [0.29, 0.717) is 21.3 Å². The SMILES string of the molecule is COc1ccc(Cl)cc1NC(=O)[C@@H](C)OC(=O)CCC(=O)c1cccs1. The van der Waals surface area contributed by atoms with Gasteiger partial charge < -0.3 is 14.8 Å². The van der Waals surface area contributed by atoms with Gasteiger partial charge in [-0.25, -0.2) is 0 Å². The number of amides is 1. The van der Waals surface area contributed by atoms with Crippen molar-refractivity contribution in [1.82, 2.24) is 0 Å². The van der Waals surface area contributed by atoms with Gasteiger partial charge >= 0.3 is 5.97 Å². The third-order valence-electron chi connectivity index (χ3n) is 3.45. The summed E-state index contributed by atoms with van der Waals surface area (Å²) >= 11 is 7.23. The molecule has 0 fully saturated rings. The van der Waals surface area contributed by atoms with E-state index in [1.165, 1.54) is 31.4 Å². The van der Waals surface area contributed by atoms with Gasteiger partial charge in [0.15, 0.2) is 11.9 Å². The zero-order valence-electron chi connectivity index (χ0n) is 14.3. The number of ether oxygens (including phenoxy) is 2. The smallest absolute Gasteiger partial charge is 0.307 e. The van der Waals surface area contributed by atoms with Gasteiger partial charge in [-0.2, -0.15) is 0 Å². The minimum absolute atomic E-state index is 0.0375. The number of esters is 1. The maximum Gasteiger partial charge on any atom is 0.307 e. The van der Waals surface area contributed by atoms with Gasteiger partial charge in [0.2, 0.25) is 0 Å². The van der Waals surface area contributed by atoms with Crippen molar-refractivity contribution in [3.05, 3.63) is 45.6 Å². The van der Waals surface area contributed by atoms with Crippen molar-refractivity contribution in [2.75, 3.05) is 12.4 Å². The summed E-state index contributed by atoms with van der Waals surface area (Å²) in [5.41, 5.74) is 0.376. The molecule has 0 saturated carbocycles. The van der Waals surface area contributed by atoms with Crippen molar-refractivity contribution < 1.29 is 23.9 Å². The third kappa shape index (κ3) is 5.57. The van der Waals surface area contributed by atoms with Gasteiger partial charge in [-0.3, -0.25) is 14.4 Å². The molecule has 0 radical (unpaired) electrons. The van der Waals surface area contributed by atoms with Crippen LogP contribution in [0.25, 0.3) is 0 Å². The van der Waals surface area contributed by atoms with E-state index in [4.69, 9.17) is 21.1 Å². The molecule has 0 aliphatic rings. The van der Waals surface area contributed by atoms with Crippen LogP contribution in [0.2, 0.25) is 5.02 Å². The molecule has 1 aromatic carbocycles. The topological polar surface area (TPSA) is 81.7 Å². The summed E-state index contributed by atoms with van der Waals surface area (Å²) in [7, 11) is 1.47. The minimum atomic E-state index is -1.02. The highest BCUT2D eigenvalue weighted by atomic mass is 35.5. The fraction of sp³-hybridized carbons (Fsp3) is 0.278. The summed E-state index contributed by atoms with van der Waals surface area (Å²) in [4.78, 5) is 36.5. The first-order chi connectivity index (χ1) is 12.4. The summed E-state index contributed by atoms with van der Waals surface area (Å²) < 4.78 is 10.2. The predicted octanol–water partition coefficient (Wildman–Crippen LogP) is 3.94. The molecule has 1 heterocycles. The first-order valence-corrected chi connectivity index (χ1v) is 9.07. The van der Waals surface area contributed by atoms with Crippen LogP contribution in [-0.2, 0) is 14.3 Å². The number of methoxy groups -OCH3 is 1. The Balaban J connectivity index is 1.85. The summed E-state index contributed by atoms with van der Waals surface area (Å²) in [5.74, 6) is -0.834. The molecule has 0 spiro atoms. The zero-order chi connectivity index (χ0) is 19.1. The van der Waals surface area contributed by atoms with E-state index in [1.54, 1.807) is 29.6 Å². The molecule has 2 aromatic rings. The Morgan fingerprint density at radius 1 is 1.23 bits per heavy atom. The molecule has 26 heavy (non-hydrogen) atoms. The fourth-order valence-electron chi connectivity index (χ4n) is 2.10. The lowest BCUT2D eigenvalue weighted by Crippen LogP contribution is -2.30. The number of Topliss-reactive ketones (excluding diaryl/α,β-unsaturated/α-hetero) is 1. The van der Waals surface area contributed by atoms with Gasteiger partial charge in [0.05, 0.1) is 24.1 Å². The highest BCUT2D eigenvalue weighted by Crippen LogP contribution is 2.27. The Kier molecular flexibility index (Phi) is 7.17. The normalized spacial score (nSPS) is 11.5. The first kappa shape index (κ1) is 19.9. The average Bonchev–Trinajstić information content (AvgIpc) is 3.14.